The van der Waals surface area contributed by atoms with E-state index in [1.54, 1.807) is 18.2 Å². The van der Waals surface area contributed by atoms with Crippen LogP contribution in [0.15, 0.2) is 33.5 Å². The van der Waals surface area contributed by atoms with Gasteiger partial charge in [-0.25, -0.2) is 4.79 Å². The van der Waals surface area contributed by atoms with E-state index in [0.29, 0.717) is 23.4 Å². The summed E-state index contributed by atoms with van der Waals surface area (Å²) in [6.07, 6.45) is 1.17. The van der Waals surface area contributed by atoms with Crippen LogP contribution in [0.5, 0.6) is 0 Å². The molecule has 1 atom stereocenters. The van der Waals surface area contributed by atoms with Crippen LogP contribution < -0.4 is 5.63 Å². The fraction of sp³-hybridized carbons (Fsp3) is 0.286. The lowest BCUT2D eigenvalue weighted by molar-refractivity contribution is 0.555. The zero-order valence-electron chi connectivity index (χ0n) is 9.94. The summed E-state index contributed by atoms with van der Waals surface area (Å²) in [7, 11) is 0. The first kappa shape index (κ1) is 12.7. The molecule has 0 aliphatic rings. The topological polar surface area (TPSA) is 54.0 Å². The SMILES string of the molecule is CC(CCC#N)c1cc(=O)oc2ccc(Cl)cc12. The molecule has 1 aromatic heterocycles. The molecule has 92 valence electrons. The molecule has 3 nitrogen and oxygen atoms in total. The van der Waals surface area contributed by atoms with Crippen molar-refractivity contribution in [2.75, 3.05) is 0 Å². The Morgan fingerprint density at radius 2 is 2.22 bits per heavy atom. The molecule has 1 aromatic carbocycles. The number of hydrogen-bond donors (Lipinski definition) is 0. The molecular formula is C14H12ClNO2. The molecule has 0 fully saturated rings. The van der Waals surface area contributed by atoms with E-state index in [4.69, 9.17) is 21.3 Å². The van der Waals surface area contributed by atoms with Gasteiger partial charge in [0.15, 0.2) is 0 Å². The molecule has 1 heterocycles. The van der Waals surface area contributed by atoms with Crippen LogP contribution in [0.1, 0.15) is 31.2 Å². The van der Waals surface area contributed by atoms with Gasteiger partial charge in [0, 0.05) is 22.9 Å². The second kappa shape index (κ2) is 5.24. The minimum absolute atomic E-state index is 0.120. The zero-order chi connectivity index (χ0) is 13.1. The standard InChI is InChI=1S/C14H12ClNO2/c1-9(3-2-6-16)11-8-14(17)18-13-5-4-10(15)7-12(11)13/h4-5,7-9H,2-3H2,1H3. The van der Waals surface area contributed by atoms with E-state index in [1.807, 2.05) is 6.92 Å². The summed E-state index contributed by atoms with van der Waals surface area (Å²) in [5.41, 5.74) is 1.05. The first-order valence-corrected chi connectivity index (χ1v) is 6.10. The first-order valence-electron chi connectivity index (χ1n) is 5.72. The van der Waals surface area contributed by atoms with Crippen LogP contribution in [0.2, 0.25) is 5.02 Å². The Hall–Kier alpha value is -1.79. The van der Waals surface area contributed by atoms with Crippen molar-refractivity contribution in [2.24, 2.45) is 0 Å². The predicted octanol–water partition coefficient (Wildman–Crippen LogP) is 3.85. The summed E-state index contributed by atoms with van der Waals surface area (Å²) < 4.78 is 5.13. The number of hydrogen-bond acceptors (Lipinski definition) is 3. The maximum atomic E-state index is 11.5. The lowest BCUT2D eigenvalue weighted by Crippen LogP contribution is -2.03. The van der Waals surface area contributed by atoms with Gasteiger partial charge in [-0.1, -0.05) is 18.5 Å². The summed E-state index contributed by atoms with van der Waals surface area (Å²) in [4.78, 5) is 11.5. The lowest BCUT2D eigenvalue weighted by atomic mass is 9.94. The Kier molecular flexibility index (Phi) is 3.69. The van der Waals surface area contributed by atoms with Crippen LogP contribution in [-0.4, -0.2) is 0 Å². The lowest BCUT2D eigenvalue weighted by Gasteiger charge is -2.12. The van der Waals surface area contributed by atoms with Crippen molar-refractivity contribution in [1.82, 2.24) is 0 Å². The van der Waals surface area contributed by atoms with E-state index in [9.17, 15) is 4.79 Å². The Balaban J connectivity index is 2.58. The molecule has 18 heavy (non-hydrogen) atoms. The molecule has 0 aliphatic carbocycles. The molecule has 0 bridgehead atoms. The maximum absolute atomic E-state index is 11.5. The van der Waals surface area contributed by atoms with Crippen LogP contribution in [0.3, 0.4) is 0 Å². The molecule has 0 amide bonds. The van der Waals surface area contributed by atoms with Gasteiger partial charge in [0.25, 0.3) is 0 Å². The fourth-order valence-electron chi connectivity index (χ4n) is 2.00. The van der Waals surface area contributed by atoms with Crippen molar-refractivity contribution in [3.05, 3.63) is 45.3 Å². The highest BCUT2D eigenvalue weighted by Gasteiger charge is 2.12. The molecule has 1 unspecified atom stereocenters. The minimum atomic E-state index is -0.372. The molecule has 0 saturated heterocycles. The third-order valence-corrected chi connectivity index (χ3v) is 3.19. The normalized spacial score (nSPS) is 12.3. The van der Waals surface area contributed by atoms with Crippen LogP contribution >= 0.6 is 11.6 Å². The summed E-state index contributed by atoms with van der Waals surface area (Å²) in [5, 5.41) is 10.1. The van der Waals surface area contributed by atoms with Gasteiger partial charge < -0.3 is 4.42 Å². The summed E-state index contributed by atoms with van der Waals surface area (Å²) >= 11 is 5.97. The second-order valence-corrected chi connectivity index (χ2v) is 4.70. The summed E-state index contributed by atoms with van der Waals surface area (Å²) in [6.45, 7) is 1.99. The fourth-order valence-corrected chi connectivity index (χ4v) is 2.18. The van der Waals surface area contributed by atoms with Gasteiger partial charge in [0.1, 0.15) is 5.58 Å². The van der Waals surface area contributed by atoms with Crippen LogP contribution in [0.25, 0.3) is 11.0 Å². The number of fused-ring (bicyclic) bond motifs is 1. The first-order chi connectivity index (χ1) is 8.61. The number of rotatable bonds is 3. The summed E-state index contributed by atoms with van der Waals surface area (Å²) in [6, 6.07) is 8.78. The van der Waals surface area contributed by atoms with Gasteiger partial charge in [-0.3, -0.25) is 0 Å². The molecule has 0 saturated carbocycles. The Morgan fingerprint density at radius 3 is 2.94 bits per heavy atom. The minimum Gasteiger partial charge on any atom is -0.423 e. The van der Waals surface area contributed by atoms with Crippen molar-refractivity contribution in [2.45, 2.75) is 25.7 Å². The molecule has 4 heteroatoms. The molecule has 0 N–H and O–H groups in total. The predicted molar refractivity (Wildman–Crippen MR) is 70.8 cm³/mol. The van der Waals surface area contributed by atoms with Gasteiger partial charge in [0.2, 0.25) is 0 Å². The Bertz CT molecular complexity index is 670. The quantitative estimate of drug-likeness (QED) is 0.789. The van der Waals surface area contributed by atoms with E-state index in [0.717, 1.165) is 10.9 Å². The van der Waals surface area contributed by atoms with Gasteiger partial charge in [-0.15, -0.1) is 0 Å². The number of nitriles is 1. The Morgan fingerprint density at radius 1 is 1.44 bits per heavy atom. The van der Waals surface area contributed by atoms with Crippen LogP contribution in [0, 0.1) is 11.3 Å². The van der Waals surface area contributed by atoms with E-state index in [2.05, 4.69) is 6.07 Å². The van der Waals surface area contributed by atoms with E-state index >= 15 is 0 Å². The molecule has 2 rings (SSSR count). The Labute approximate surface area is 110 Å². The third-order valence-electron chi connectivity index (χ3n) is 2.96. The highest BCUT2D eigenvalue weighted by molar-refractivity contribution is 6.31. The van der Waals surface area contributed by atoms with E-state index in [-0.39, 0.29) is 11.5 Å². The average Bonchev–Trinajstić information content (AvgIpc) is 2.35. The van der Waals surface area contributed by atoms with Gasteiger partial charge in [-0.2, -0.15) is 5.26 Å². The molecule has 0 radical (unpaired) electrons. The monoisotopic (exact) mass is 261 g/mol. The van der Waals surface area contributed by atoms with Crippen molar-refractivity contribution in [1.29, 1.82) is 5.26 Å². The summed E-state index contributed by atoms with van der Waals surface area (Å²) in [5.74, 6) is 0.120. The van der Waals surface area contributed by atoms with Crippen molar-refractivity contribution in [3.63, 3.8) is 0 Å². The van der Waals surface area contributed by atoms with E-state index in [1.165, 1.54) is 6.07 Å². The molecule has 0 spiro atoms. The van der Waals surface area contributed by atoms with Crippen LogP contribution in [0.4, 0.5) is 0 Å². The maximum Gasteiger partial charge on any atom is 0.336 e. The highest BCUT2D eigenvalue weighted by atomic mass is 35.5. The molecule has 0 aliphatic heterocycles. The van der Waals surface area contributed by atoms with Gasteiger partial charge >= 0.3 is 5.63 Å². The largest absolute Gasteiger partial charge is 0.423 e. The van der Waals surface area contributed by atoms with Crippen molar-refractivity contribution < 1.29 is 4.42 Å². The smallest absolute Gasteiger partial charge is 0.336 e. The molecule has 2 aromatic rings. The van der Waals surface area contributed by atoms with E-state index < -0.39 is 0 Å². The van der Waals surface area contributed by atoms with Crippen LogP contribution in [-0.2, 0) is 0 Å². The van der Waals surface area contributed by atoms with Gasteiger partial charge in [-0.05, 0) is 36.1 Å². The van der Waals surface area contributed by atoms with Crippen molar-refractivity contribution >= 4 is 22.6 Å². The number of halogens is 1. The van der Waals surface area contributed by atoms with Gasteiger partial charge in [0.05, 0.1) is 6.07 Å². The zero-order valence-corrected chi connectivity index (χ0v) is 10.7. The third kappa shape index (κ3) is 2.55. The average molecular weight is 262 g/mol. The second-order valence-electron chi connectivity index (χ2n) is 4.26. The number of nitrogens with zero attached hydrogens (tertiary/aromatic N) is 1. The highest BCUT2D eigenvalue weighted by Crippen LogP contribution is 2.28. The number of benzene rings is 1. The van der Waals surface area contributed by atoms with Crippen molar-refractivity contribution in [3.8, 4) is 6.07 Å². The molecular weight excluding hydrogens is 250 g/mol.